The molecule has 6 nitrogen and oxygen atoms in total. The quantitative estimate of drug-likeness (QED) is 0.463. The molecule has 0 heterocycles. The number of nitro benzene ring substituents is 1. The summed E-state index contributed by atoms with van der Waals surface area (Å²) in [7, 11) is 3.12. The molecule has 2 aromatic carbocycles. The van der Waals surface area contributed by atoms with Crippen LogP contribution in [0.1, 0.15) is 11.1 Å². The number of halogens is 1. The summed E-state index contributed by atoms with van der Waals surface area (Å²) < 4.78 is 10.5. The number of nitro groups is 1. The third-order valence-corrected chi connectivity index (χ3v) is 3.57. The van der Waals surface area contributed by atoms with E-state index in [2.05, 4.69) is 4.99 Å². The number of aryl methyl sites for hydroxylation is 1. The minimum absolute atomic E-state index is 0.0799. The van der Waals surface area contributed by atoms with Crippen molar-refractivity contribution in [3.63, 3.8) is 0 Å². The molecule has 0 amide bonds. The highest BCUT2D eigenvalue weighted by Gasteiger charge is 2.12. The van der Waals surface area contributed by atoms with Crippen molar-refractivity contribution in [2.75, 3.05) is 14.2 Å². The van der Waals surface area contributed by atoms with Crippen LogP contribution in [0.4, 0.5) is 11.4 Å². The Morgan fingerprint density at radius 1 is 1.17 bits per heavy atom. The van der Waals surface area contributed by atoms with Crippen LogP contribution in [-0.2, 0) is 0 Å². The van der Waals surface area contributed by atoms with Crippen molar-refractivity contribution in [2.24, 2.45) is 4.99 Å². The van der Waals surface area contributed by atoms with Crippen LogP contribution in [0.2, 0.25) is 5.02 Å². The Balaban J connectivity index is 2.37. The van der Waals surface area contributed by atoms with Crippen LogP contribution in [0.25, 0.3) is 0 Å². The largest absolute Gasteiger partial charge is 0.493 e. The number of hydrogen-bond acceptors (Lipinski definition) is 5. The summed E-state index contributed by atoms with van der Waals surface area (Å²) in [5, 5.41) is 11.0. The van der Waals surface area contributed by atoms with E-state index in [4.69, 9.17) is 21.1 Å². The number of nitrogens with zero attached hydrogens (tertiary/aromatic N) is 2. The highest BCUT2D eigenvalue weighted by atomic mass is 35.5. The highest BCUT2D eigenvalue weighted by molar-refractivity contribution is 6.32. The molecule has 0 N–H and O–H groups in total. The number of hydrogen-bond donors (Lipinski definition) is 0. The van der Waals surface area contributed by atoms with Crippen molar-refractivity contribution in [2.45, 2.75) is 6.92 Å². The second-order valence-corrected chi connectivity index (χ2v) is 5.12. The maximum atomic E-state index is 10.9. The Hall–Kier alpha value is -2.60. The third kappa shape index (κ3) is 3.78. The Morgan fingerprint density at radius 2 is 1.83 bits per heavy atom. The highest BCUT2D eigenvalue weighted by Crippen LogP contribution is 2.31. The number of aliphatic imine (C=N–C) groups is 1. The molecule has 0 aliphatic rings. The first-order valence-corrected chi connectivity index (χ1v) is 7.04. The molecule has 0 aliphatic carbocycles. The van der Waals surface area contributed by atoms with E-state index in [-0.39, 0.29) is 10.7 Å². The van der Waals surface area contributed by atoms with E-state index >= 15 is 0 Å². The summed E-state index contributed by atoms with van der Waals surface area (Å²) >= 11 is 5.78. The minimum Gasteiger partial charge on any atom is -0.493 e. The summed E-state index contributed by atoms with van der Waals surface area (Å²) in [4.78, 5) is 14.6. The molecule has 2 rings (SSSR count). The topological polar surface area (TPSA) is 74.0 Å². The van der Waals surface area contributed by atoms with Crippen molar-refractivity contribution in [1.82, 2.24) is 0 Å². The van der Waals surface area contributed by atoms with E-state index in [1.165, 1.54) is 12.1 Å². The normalized spacial score (nSPS) is 10.8. The Morgan fingerprint density at radius 3 is 2.43 bits per heavy atom. The van der Waals surface area contributed by atoms with Gasteiger partial charge in [0.05, 0.1) is 24.8 Å². The van der Waals surface area contributed by atoms with Gasteiger partial charge in [-0.2, -0.15) is 0 Å². The number of benzene rings is 2. The van der Waals surface area contributed by atoms with Crippen molar-refractivity contribution >= 4 is 29.2 Å². The predicted octanol–water partition coefficient (Wildman–Crippen LogP) is 4.32. The van der Waals surface area contributed by atoms with Gasteiger partial charge in [-0.25, -0.2) is 0 Å². The van der Waals surface area contributed by atoms with Gasteiger partial charge >= 0.3 is 0 Å². The molecule has 0 spiro atoms. The average molecular weight is 335 g/mol. The van der Waals surface area contributed by atoms with E-state index in [9.17, 15) is 10.1 Å². The van der Waals surface area contributed by atoms with E-state index in [1.807, 2.05) is 13.0 Å². The monoisotopic (exact) mass is 334 g/mol. The summed E-state index contributed by atoms with van der Waals surface area (Å²) in [6, 6.07) is 8.02. The second kappa shape index (κ2) is 7.11. The first kappa shape index (κ1) is 16.8. The lowest BCUT2D eigenvalue weighted by Gasteiger charge is -2.10. The number of ether oxygens (including phenoxy) is 2. The molecule has 0 radical (unpaired) electrons. The lowest BCUT2D eigenvalue weighted by atomic mass is 10.1. The Kier molecular flexibility index (Phi) is 5.18. The van der Waals surface area contributed by atoms with Crippen molar-refractivity contribution in [3.8, 4) is 11.5 Å². The molecule has 0 atom stereocenters. The van der Waals surface area contributed by atoms with Crippen LogP contribution in [0.15, 0.2) is 35.3 Å². The second-order valence-electron chi connectivity index (χ2n) is 4.71. The van der Waals surface area contributed by atoms with Crippen LogP contribution >= 0.6 is 11.6 Å². The summed E-state index contributed by atoms with van der Waals surface area (Å²) in [5.41, 5.74) is 2.02. The molecule has 7 heteroatoms. The van der Waals surface area contributed by atoms with Crippen LogP contribution in [-0.4, -0.2) is 25.4 Å². The lowest BCUT2D eigenvalue weighted by Crippen LogP contribution is -1.95. The van der Waals surface area contributed by atoms with Gasteiger partial charge in [0, 0.05) is 12.3 Å². The summed E-state index contributed by atoms with van der Waals surface area (Å²) in [5.74, 6) is 1.21. The zero-order valence-electron chi connectivity index (χ0n) is 12.9. The predicted molar refractivity (Wildman–Crippen MR) is 89.6 cm³/mol. The minimum atomic E-state index is -0.539. The van der Waals surface area contributed by atoms with Crippen LogP contribution < -0.4 is 9.47 Å². The van der Waals surface area contributed by atoms with Gasteiger partial charge in [-0.3, -0.25) is 15.1 Å². The van der Waals surface area contributed by atoms with Gasteiger partial charge in [0.15, 0.2) is 11.5 Å². The number of methoxy groups -OCH3 is 2. The zero-order chi connectivity index (χ0) is 17.0. The molecule has 0 saturated heterocycles. The van der Waals surface area contributed by atoms with Gasteiger partial charge in [-0.1, -0.05) is 11.6 Å². The lowest BCUT2D eigenvalue weighted by molar-refractivity contribution is -0.384. The number of rotatable bonds is 5. The van der Waals surface area contributed by atoms with Crippen LogP contribution in [0.3, 0.4) is 0 Å². The maximum absolute atomic E-state index is 10.9. The third-order valence-electron chi connectivity index (χ3n) is 3.25. The Labute approximate surface area is 138 Å². The molecule has 0 aliphatic heterocycles. The molecule has 2 aromatic rings. The fourth-order valence-corrected chi connectivity index (χ4v) is 2.19. The van der Waals surface area contributed by atoms with Gasteiger partial charge in [0.2, 0.25) is 0 Å². The van der Waals surface area contributed by atoms with E-state index in [1.54, 1.807) is 32.6 Å². The van der Waals surface area contributed by atoms with Gasteiger partial charge in [-0.15, -0.1) is 0 Å². The molecule has 0 unspecified atom stereocenters. The summed E-state index contributed by atoms with van der Waals surface area (Å²) in [6.45, 7) is 1.91. The van der Waals surface area contributed by atoms with Crippen LogP contribution in [0.5, 0.6) is 11.5 Å². The molecule has 0 fully saturated rings. The molecule has 0 saturated carbocycles. The van der Waals surface area contributed by atoms with E-state index < -0.39 is 4.92 Å². The van der Waals surface area contributed by atoms with Crippen molar-refractivity contribution < 1.29 is 14.4 Å². The average Bonchev–Trinajstić information content (AvgIpc) is 2.54. The standard InChI is InChI=1S/C16H15ClN2O4/c1-10-6-15(22-2)16(23-3)7-11(10)9-18-12-4-5-13(17)14(8-12)19(20)21/h4-9H,1-3H3. The molecule has 0 bridgehead atoms. The maximum Gasteiger partial charge on any atom is 0.290 e. The van der Waals surface area contributed by atoms with Crippen LogP contribution in [0, 0.1) is 17.0 Å². The fourth-order valence-electron chi connectivity index (χ4n) is 2.00. The zero-order valence-corrected chi connectivity index (χ0v) is 13.6. The molecule has 23 heavy (non-hydrogen) atoms. The van der Waals surface area contributed by atoms with Gasteiger partial charge in [0.25, 0.3) is 5.69 Å². The van der Waals surface area contributed by atoms with Gasteiger partial charge < -0.3 is 9.47 Å². The van der Waals surface area contributed by atoms with Crippen molar-refractivity contribution in [3.05, 3.63) is 56.6 Å². The first-order chi connectivity index (χ1) is 11.0. The smallest absolute Gasteiger partial charge is 0.290 e. The Bertz CT molecular complexity index is 775. The fraction of sp³-hybridized carbons (Fsp3) is 0.188. The molecular weight excluding hydrogens is 320 g/mol. The van der Waals surface area contributed by atoms with E-state index in [0.717, 1.165) is 11.1 Å². The molecule has 0 aromatic heterocycles. The van der Waals surface area contributed by atoms with E-state index in [0.29, 0.717) is 17.2 Å². The molecular formula is C16H15ClN2O4. The van der Waals surface area contributed by atoms with Gasteiger partial charge in [0.1, 0.15) is 5.02 Å². The summed E-state index contributed by atoms with van der Waals surface area (Å²) in [6.07, 6.45) is 1.62. The SMILES string of the molecule is COc1cc(C)c(C=Nc2ccc(Cl)c([N+](=O)[O-])c2)cc1OC. The van der Waals surface area contributed by atoms with Gasteiger partial charge in [-0.05, 0) is 42.3 Å². The molecule has 120 valence electrons. The van der Waals surface area contributed by atoms with Crippen molar-refractivity contribution in [1.29, 1.82) is 0 Å². The first-order valence-electron chi connectivity index (χ1n) is 6.67.